The fourth-order valence-corrected chi connectivity index (χ4v) is 3.26. The van der Waals surface area contributed by atoms with Crippen LogP contribution in [0.2, 0.25) is 0 Å². The monoisotopic (exact) mass is 444 g/mol. The number of carbonyl (C=O) groups is 2. The van der Waals surface area contributed by atoms with Crippen molar-refractivity contribution in [2.75, 3.05) is 19.0 Å². The molecular formula is C26H21FN2O4. The van der Waals surface area contributed by atoms with Gasteiger partial charge in [0.25, 0.3) is 5.91 Å². The molecule has 1 amide bonds. The highest BCUT2D eigenvalue weighted by atomic mass is 19.1. The molecular weight excluding hydrogens is 423 g/mol. The maximum Gasteiger partial charge on any atom is 0.343 e. The molecule has 0 aliphatic heterocycles. The number of benzene rings is 3. The van der Waals surface area contributed by atoms with Gasteiger partial charge in [-0.05, 0) is 61.5 Å². The number of nitrogens with one attached hydrogen (secondary N) is 1. The molecule has 4 aromatic rings. The molecule has 166 valence electrons. The Morgan fingerprint density at radius 2 is 1.70 bits per heavy atom. The van der Waals surface area contributed by atoms with E-state index < -0.39 is 5.97 Å². The summed E-state index contributed by atoms with van der Waals surface area (Å²) in [4.78, 5) is 28.9. The summed E-state index contributed by atoms with van der Waals surface area (Å²) >= 11 is 0. The smallest absolute Gasteiger partial charge is 0.343 e. The average molecular weight is 444 g/mol. The summed E-state index contributed by atoms with van der Waals surface area (Å²) in [7, 11) is 1.28. The quantitative estimate of drug-likeness (QED) is 0.416. The second-order valence-electron chi connectivity index (χ2n) is 7.43. The first-order valence-electron chi connectivity index (χ1n) is 10.2. The summed E-state index contributed by atoms with van der Waals surface area (Å²) in [6.45, 7) is 1.66. The van der Waals surface area contributed by atoms with E-state index in [4.69, 9.17) is 4.74 Å². The summed E-state index contributed by atoms with van der Waals surface area (Å²) in [5, 5.41) is 3.47. The van der Waals surface area contributed by atoms with E-state index in [1.165, 1.54) is 19.2 Å². The highest BCUT2D eigenvalue weighted by Gasteiger charge is 2.13. The van der Waals surface area contributed by atoms with Crippen molar-refractivity contribution in [1.29, 1.82) is 0 Å². The number of hydrogen-bond acceptors (Lipinski definition) is 5. The van der Waals surface area contributed by atoms with E-state index >= 15 is 0 Å². The van der Waals surface area contributed by atoms with E-state index in [1.54, 1.807) is 48.5 Å². The van der Waals surface area contributed by atoms with E-state index in [1.807, 2.05) is 19.1 Å². The van der Waals surface area contributed by atoms with Gasteiger partial charge in [0, 0.05) is 28.3 Å². The Labute approximate surface area is 190 Å². The van der Waals surface area contributed by atoms with Gasteiger partial charge in [-0.25, -0.2) is 14.2 Å². The number of amides is 1. The second kappa shape index (κ2) is 9.48. The van der Waals surface area contributed by atoms with Crippen LogP contribution in [0.4, 0.5) is 10.1 Å². The van der Waals surface area contributed by atoms with Gasteiger partial charge in [-0.2, -0.15) is 0 Å². The summed E-state index contributed by atoms with van der Waals surface area (Å²) in [6, 6.07) is 20.1. The molecule has 33 heavy (non-hydrogen) atoms. The summed E-state index contributed by atoms with van der Waals surface area (Å²) < 4.78 is 23.7. The number of rotatable bonds is 6. The Balaban J connectivity index is 1.71. The number of hydrogen-bond donors (Lipinski definition) is 1. The third-order valence-corrected chi connectivity index (χ3v) is 5.06. The van der Waals surface area contributed by atoms with Crippen LogP contribution in [0, 0.1) is 12.7 Å². The van der Waals surface area contributed by atoms with E-state index in [9.17, 15) is 14.0 Å². The van der Waals surface area contributed by atoms with Crippen molar-refractivity contribution >= 4 is 28.5 Å². The van der Waals surface area contributed by atoms with E-state index in [2.05, 4.69) is 15.0 Å². The van der Waals surface area contributed by atoms with Gasteiger partial charge >= 0.3 is 5.97 Å². The molecule has 3 aromatic carbocycles. The Morgan fingerprint density at radius 1 is 0.970 bits per heavy atom. The van der Waals surface area contributed by atoms with Gasteiger partial charge < -0.3 is 14.8 Å². The molecule has 4 rings (SSSR count). The van der Waals surface area contributed by atoms with Crippen LogP contribution in [0.25, 0.3) is 22.2 Å². The molecule has 0 radical (unpaired) electrons. The molecule has 6 nitrogen and oxygen atoms in total. The van der Waals surface area contributed by atoms with Crippen LogP contribution in [0.3, 0.4) is 0 Å². The van der Waals surface area contributed by atoms with Gasteiger partial charge in [0.15, 0.2) is 6.61 Å². The van der Waals surface area contributed by atoms with Crippen LogP contribution in [-0.2, 0) is 9.53 Å². The van der Waals surface area contributed by atoms with Gasteiger partial charge in [-0.3, -0.25) is 4.79 Å². The number of aromatic nitrogens is 1. The van der Waals surface area contributed by atoms with E-state index in [0.717, 1.165) is 5.56 Å². The zero-order chi connectivity index (χ0) is 23.4. The topological polar surface area (TPSA) is 77.5 Å². The minimum atomic E-state index is -0.535. The summed E-state index contributed by atoms with van der Waals surface area (Å²) in [5.41, 5.74) is 3.98. The standard InChI is InChI=1S/C26H21FN2O4/c1-16-3-5-18(6-4-16)26(31)28-20-11-12-22-21(13-20)24(33-15-25(30)32-2)14-23(29-22)17-7-9-19(27)10-8-17/h3-14H,15H2,1-2H3,(H,28,31). The van der Waals surface area contributed by atoms with Gasteiger partial charge in [0.1, 0.15) is 11.6 Å². The van der Waals surface area contributed by atoms with Crippen molar-refractivity contribution in [3.05, 3.63) is 89.7 Å². The molecule has 0 saturated heterocycles. The molecule has 0 fully saturated rings. The van der Waals surface area contributed by atoms with Crippen molar-refractivity contribution in [3.63, 3.8) is 0 Å². The molecule has 1 N–H and O–H groups in total. The highest BCUT2D eigenvalue weighted by molar-refractivity contribution is 6.05. The van der Waals surface area contributed by atoms with Gasteiger partial charge in [0.05, 0.1) is 18.3 Å². The largest absolute Gasteiger partial charge is 0.481 e. The van der Waals surface area contributed by atoms with E-state index in [0.29, 0.717) is 39.2 Å². The van der Waals surface area contributed by atoms with Crippen molar-refractivity contribution in [2.45, 2.75) is 6.92 Å². The first-order chi connectivity index (χ1) is 15.9. The number of esters is 1. The lowest BCUT2D eigenvalue weighted by molar-refractivity contribution is -0.142. The number of nitrogens with zero attached hydrogens (tertiary/aromatic N) is 1. The fourth-order valence-electron chi connectivity index (χ4n) is 3.26. The third-order valence-electron chi connectivity index (χ3n) is 5.06. The van der Waals surface area contributed by atoms with Crippen molar-refractivity contribution in [3.8, 4) is 17.0 Å². The second-order valence-corrected chi connectivity index (χ2v) is 7.43. The normalized spacial score (nSPS) is 10.6. The SMILES string of the molecule is COC(=O)COc1cc(-c2ccc(F)cc2)nc2ccc(NC(=O)c3ccc(C)cc3)cc12. The van der Waals surface area contributed by atoms with E-state index in [-0.39, 0.29) is 18.3 Å². The number of aryl methyl sites for hydroxylation is 1. The Kier molecular flexibility index (Phi) is 6.31. The van der Waals surface area contributed by atoms with Crippen LogP contribution in [0.15, 0.2) is 72.8 Å². The Hall–Kier alpha value is -4.26. The number of anilines is 1. The number of fused-ring (bicyclic) bond motifs is 1. The zero-order valence-electron chi connectivity index (χ0n) is 18.1. The Morgan fingerprint density at radius 3 is 2.39 bits per heavy atom. The third kappa shape index (κ3) is 5.15. The lowest BCUT2D eigenvalue weighted by Crippen LogP contribution is -2.13. The van der Waals surface area contributed by atoms with Gasteiger partial charge in [0.2, 0.25) is 0 Å². The molecule has 7 heteroatoms. The number of methoxy groups -OCH3 is 1. The number of carbonyl (C=O) groups excluding carboxylic acids is 2. The maximum absolute atomic E-state index is 13.3. The van der Waals surface area contributed by atoms with Crippen LogP contribution in [-0.4, -0.2) is 30.6 Å². The Bertz CT molecular complexity index is 1320. The maximum atomic E-state index is 13.3. The van der Waals surface area contributed by atoms with Gasteiger partial charge in [-0.15, -0.1) is 0 Å². The molecule has 0 spiro atoms. The molecule has 0 unspecified atom stereocenters. The molecule has 1 aromatic heterocycles. The first-order valence-corrected chi connectivity index (χ1v) is 10.2. The van der Waals surface area contributed by atoms with Crippen LogP contribution >= 0.6 is 0 Å². The van der Waals surface area contributed by atoms with Crippen LogP contribution in [0.1, 0.15) is 15.9 Å². The number of ether oxygens (including phenoxy) is 2. The molecule has 1 heterocycles. The van der Waals surface area contributed by atoms with Crippen LogP contribution in [0.5, 0.6) is 5.75 Å². The lowest BCUT2D eigenvalue weighted by atomic mass is 10.1. The van der Waals surface area contributed by atoms with Crippen molar-refractivity contribution in [1.82, 2.24) is 4.98 Å². The lowest BCUT2D eigenvalue weighted by Gasteiger charge is -2.13. The predicted molar refractivity (Wildman–Crippen MR) is 124 cm³/mol. The highest BCUT2D eigenvalue weighted by Crippen LogP contribution is 2.32. The van der Waals surface area contributed by atoms with Crippen LogP contribution < -0.4 is 10.1 Å². The fraction of sp³-hybridized carbons (Fsp3) is 0.115. The number of halogens is 1. The van der Waals surface area contributed by atoms with Crippen molar-refractivity contribution < 1.29 is 23.5 Å². The molecule has 0 atom stereocenters. The molecule has 0 saturated carbocycles. The first kappa shape index (κ1) is 22.0. The predicted octanol–water partition coefficient (Wildman–Crippen LogP) is 5.15. The average Bonchev–Trinajstić information content (AvgIpc) is 2.83. The zero-order valence-corrected chi connectivity index (χ0v) is 18.1. The summed E-state index contributed by atoms with van der Waals surface area (Å²) in [5.74, 6) is -0.749. The van der Waals surface area contributed by atoms with Gasteiger partial charge in [-0.1, -0.05) is 17.7 Å². The minimum Gasteiger partial charge on any atom is -0.481 e. The van der Waals surface area contributed by atoms with Crippen molar-refractivity contribution in [2.24, 2.45) is 0 Å². The summed E-state index contributed by atoms with van der Waals surface area (Å²) in [6.07, 6.45) is 0. The molecule has 0 aliphatic rings. The minimum absolute atomic E-state index is 0.248. The number of pyridine rings is 1. The molecule has 0 aliphatic carbocycles. The molecule has 0 bridgehead atoms.